The fraction of sp³-hybridized carbons (Fsp3) is 0.217. The van der Waals surface area contributed by atoms with E-state index in [1.54, 1.807) is 44.2 Å². The Balaban J connectivity index is 1.86. The maximum atomic E-state index is 13.2. The zero-order valence-electron chi connectivity index (χ0n) is 16.9. The van der Waals surface area contributed by atoms with Crippen LogP contribution in [0.4, 0.5) is 4.39 Å². The van der Waals surface area contributed by atoms with E-state index in [1.807, 2.05) is 6.07 Å². The van der Waals surface area contributed by atoms with Gasteiger partial charge in [0.05, 0.1) is 23.1 Å². The van der Waals surface area contributed by atoms with Crippen molar-refractivity contribution in [2.45, 2.75) is 26.4 Å². The SMILES string of the molecule is CCOC(=O)C1=C(C)OC(N)=C(C#N)C1c1ccc(OCc2ccc(F)cc2Cl)cc1. The largest absolute Gasteiger partial charge is 0.489 e. The van der Waals surface area contributed by atoms with Crippen molar-refractivity contribution in [3.8, 4) is 11.8 Å². The van der Waals surface area contributed by atoms with Gasteiger partial charge in [0.1, 0.15) is 35.6 Å². The van der Waals surface area contributed by atoms with Crippen LogP contribution in [0.5, 0.6) is 5.75 Å². The maximum Gasteiger partial charge on any atom is 0.338 e. The molecule has 0 aliphatic carbocycles. The van der Waals surface area contributed by atoms with E-state index in [9.17, 15) is 14.4 Å². The minimum atomic E-state index is -0.724. The van der Waals surface area contributed by atoms with Gasteiger partial charge in [-0.15, -0.1) is 0 Å². The van der Waals surface area contributed by atoms with E-state index >= 15 is 0 Å². The average Bonchev–Trinajstić information content (AvgIpc) is 2.73. The number of nitrogens with two attached hydrogens (primary N) is 1. The zero-order chi connectivity index (χ0) is 22.5. The second-order valence-electron chi connectivity index (χ2n) is 6.71. The summed E-state index contributed by atoms with van der Waals surface area (Å²) in [7, 11) is 0. The molecule has 0 radical (unpaired) electrons. The lowest BCUT2D eigenvalue weighted by Crippen LogP contribution is -2.25. The van der Waals surface area contributed by atoms with Crippen molar-refractivity contribution in [1.29, 1.82) is 5.26 Å². The van der Waals surface area contributed by atoms with Crippen molar-refractivity contribution in [3.05, 3.63) is 87.2 Å². The molecule has 2 N–H and O–H groups in total. The number of nitrogens with zero attached hydrogens (tertiary/aromatic N) is 1. The molecule has 6 nitrogen and oxygen atoms in total. The van der Waals surface area contributed by atoms with Crippen LogP contribution < -0.4 is 10.5 Å². The molecular weight excluding hydrogens is 423 g/mol. The van der Waals surface area contributed by atoms with E-state index in [1.165, 1.54) is 12.1 Å². The summed E-state index contributed by atoms with van der Waals surface area (Å²) < 4.78 is 29.5. The number of allylic oxidation sites excluding steroid dienone is 2. The number of carbonyl (C=O) groups excluding carboxylic acids is 1. The smallest absolute Gasteiger partial charge is 0.338 e. The zero-order valence-corrected chi connectivity index (χ0v) is 17.7. The van der Waals surface area contributed by atoms with Crippen LogP contribution in [0.15, 0.2) is 65.3 Å². The quantitative estimate of drug-likeness (QED) is 0.651. The van der Waals surface area contributed by atoms with Crippen molar-refractivity contribution >= 4 is 17.6 Å². The Hall–Kier alpha value is -3.50. The number of hydrogen-bond donors (Lipinski definition) is 1. The molecule has 0 saturated heterocycles. The van der Waals surface area contributed by atoms with Gasteiger partial charge in [-0.2, -0.15) is 5.26 Å². The van der Waals surface area contributed by atoms with Crippen molar-refractivity contribution in [3.63, 3.8) is 0 Å². The van der Waals surface area contributed by atoms with Crippen LogP contribution in [0, 0.1) is 17.1 Å². The van der Waals surface area contributed by atoms with Gasteiger partial charge in [0.15, 0.2) is 0 Å². The summed E-state index contributed by atoms with van der Waals surface area (Å²) in [5.74, 6) is -0.952. The molecule has 160 valence electrons. The highest BCUT2D eigenvalue weighted by Crippen LogP contribution is 2.40. The number of carbonyl (C=O) groups is 1. The van der Waals surface area contributed by atoms with E-state index < -0.39 is 17.7 Å². The minimum absolute atomic E-state index is 0.0515. The summed E-state index contributed by atoms with van der Waals surface area (Å²) in [6, 6.07) is 13.0. The first kappa shape index (κ1) is 22.2. The molecule has 1 unspecified atom stereocenters. The molecule has 0 saturated carbocycles. The lowest BCUT2D eigenvalue weighted by Gasteiger charge is -2.26. The van der Waals surface area contributed by atoms with Gasteiger partial charge in [-0.1, -0.05) is 29.8 Å². The summed E-state index contributed by atoms with van der Waals surface area (Å²) in [4.78, 5) is 12.5. The normalized spacial score (nSPS) is 15.9. The number of esters is 1. The lowest BCUT2D eigenvalue weighted by molar-refractivity contribution is -0.139. The second-order valence-corrected chi connectivity index (χ2v) is 7.12. The van der Waals surface area contributed by atoms with Crippen molar-refractivity contribution < 1.29 is 23.4 Å². The summed E-state index contributed by atoms with van der Waals surface area (Å²) in [5.41, 5.74) is 7.53. The van der Waals surface area contributed by atoms with Gasteiger partial charge < -0.3 is 19.9 Å². The molecule has 2 aromatic rings. The highest BCUT2D eigenvalue weighted by Gasteiger charge is 2.36. The minimum Gasteiger partial charge on any atom is -0.489 e. The molecule has 0 bridgehead atoms. The third kappa shape index (κ3) is 4.81. The maximum absolute atomic E-state index is 13.2. The van der Waals surface area contributed by atoms with Crippen LogP contribution in [0.25, 0.3) is 0 Å². The van der Waals surface area contributed by atoms with Gasteiger partial charge in [0.2, 0.25) is 5.88 Å². The van der Waals surface area contributed by atoms with Crippen LogP contribution in [0.2, 0.25) is 5.02 Å². The van der Waals surface area contributed by atoms with Gasteiger partial charge >= 0.3 is 5.97 Å². The molecule has 8 heteroatoms. The first-order valence-electron chi connectivity index (χ1n) is 9.47. The monoisotopic (exact) mass is 442 g/mol. The number of benzene rings is 2. The fourth-order valence-electron chi connectivity index (χ4n) is 3.24. The predicted molar refractivity (Wildman–Crippen MR) is 112 cm³/mol. The first-order valence-corrected chi connectivity index (χ1v) is 9.85. The summed E-state index contributed by atoms with van der Waals surface area (Å²) in [6.45, 7) is 3.63. The molecule has 1 aliphatic heterocycles. The number of hydrogen-bond acceptors (Lipinski definition) is 6. The van der Waals surface area contributed by atoms with Gasteiger partial charge in [-0.05, 0) is 43.7 Å². The second kappa shape index (κ2) is 9.54. The molecule has 0 aromatic heterocycles. The van der Waals surface area contributed by atoms with E-state index in [0.717, 1.165) is 0 Å². The summed E-state index contributed by atoms with van der Waals surface area (Å²) >= 11 is 6.02. The Labute approximate surface area is 184 Å². The van der Waals surface area contributed by atoms with E-state index in [2.05, 4.69) is 0 Å². The highest BCUT2D eigenvalue weighted by molar-refractivity contribution is 6.31. The Morgan fingerprint density at radius 3 is 2.61 bits per heavy atom. The molecule has 2 aromatic carbocycles. The molecular formula is C23H20ClFN2O4. The molecule has 1 heterocycles. The van der Waals surface area contributed by atoms with E-state index in [4.69, 9.17) is 31.5 Å². The average molecular weight is 443 g/mol. The number of nitriles is 1. The molecule has 0 fully saturated rings. The van der Waals surface area contributed by atoms with E-state index in [-0.39, 0.29) is 41.0 Å². The van der Waals surface area contributed by atoms with Gasteiger partial charge in [-0.3, -0.25) is 0 Å². The summed E-state index contributed by atoms with van der Waals surface area (Å²) in [6.07, 6.45) is 0. The third-order valence-electron chi connectivity index (χ3n) is 4.72. The molecule has 1 atom stereocenters. The van der Waals surface area contributed by atoms with Gasteiger partial charge in [0, 0.05) is 5.56 Å². The summed E-state index contributed by atoms with van der Waals surface area (Å²) in [5, 5.41) is 9.89. The predicted octanol–water partition coefficient (Wildman–Crippen LogP) is 4.70. The number of ether oxygens (including phenoxy) is 3. The Bertz CT molecular complexity index is 1100. The highest BCUT2D eigenvalue weighted by atomic mass is 35.5. The fourth-order valence-corrected chi connectivity index (χ4v) is 3.47. The standard InChI is InChI=1S/C23H20ClFN2O4/c1-3-29-23(28)20-13(2)31-22(27)18(11-26)21(20)14-5-8-17(9-6-14)30-12-15-4-7-16(25)10-19(15)24/h4-10,21H,3,12,27H2,1-2H3. The topological polar surface area (TPSA) is 94.6 Å². The van der Waals surface area contributed by atoms with Crippen LogP contribution in [-0.4, -0.2) is 12.6 Å². The third-order valence-corrected chi connectivity index (χ3v) is 5.08. The van der Waals surface area contributed by atoms with Gasteiger partial charge in [0.25, 0.3) is 0 Å². The Kier molecular flexibility index (Phi) is 6.83. The Morgan fingerprint density at radius 2 is 2.00 bits per heavy atom. The van der Waals surface area contributed by atoms with Crippen LogP contribution in [-0.2, 0) is 20.9 Å². The number of rotatable bonds is 6. The Morgan fingerprint density at radius 1 is 1.29 bits per heavy atom. The lowest BCUT2D eigenvalue weighted by atomic mass is 9.83. The number of halogens is 2. The van der Waals surface area contributed by atoms with Crippen LogP contribution in [0.3, 0.4) is 0 Å². The molecule has 0 amide bonds. The first-order chi connectivity index (χ1) is 14.8. The van der Waals surface area contributed by atoms with Gasteiger partial charge in [-0.25, -0.2) is 9.18 Å². The van der Waals surface area contributed by atoms with Crippen molar-refractivity contribution in [2.24, 2.45) is 5.73 Å². The molecule has 31 heavy (non-hydrogen) atoms. The van der Waals surface area contributed by atoms with Crippen molar-refractivity contribution in [2.75, 3.05) is 6.61 Å². The molecule has 1 aliphatic rings. The van der Waals surface area contributed by atoms with E-state index in [0.29, 0.717) is 16.9 Å². The molecule has 0 spiro atoms. The molecule has 3 rings (SSSR count). The van der Waals surface area contributed by atoms with Crippen LogP contribution in [0.1, 0.15) is 30.9 Å². The van der Waals surface area contributed by atoms with Crippen molar-refractivity contribution in [1.82, 2.24) is 0 Å². The van der Waals surface area contributed by atoms with Crippen LogP contribution >= 0.6 is 11.6 Å².